The number of fused-ring (bicyclic) bond motifs is 1. The zero-order valence-corrected chi connectivity index (χ0v) is 11.8. The molecule has 1 heterocycles. The molecule has 3 nitrogen and oxygen atoms in total. The van der Waals surface area contributed by atoms with Gasteiger partial charge in [0.25, 0.3) is 0 Å². The van der Waals surface area contributed by atoms with Gasteiger partial charge >= 0.3 is 0 Å². The van der Waals surface area contributed by atoms with Crippen LogP contribution in [0, 0.1) is 0 Å². The average Bonchev–Trinajstić information content (AvgIpc) is 2.91. The summed E-state index contributed by atoms with van der Waals surface area (Å²) in [5.74, 6) is 0.715. The monoisotopic (exact) mass is 269 g/mol. The standard InChI is InChI=1S/C17H19NO2/c1-12(14-7-8-16(19)17(11-14)20-2)18-10-9-13-5-3-4-6-15(13)18/h3-8,11-12,19H,9-10H2,1-2H3. The number of phenols is 1. The SMILES string of the molecule is COc1cc(C(C)N2CCc3ccccc32)ccc1O. The van der Waals surface area contributed by atoms with E-state index in [1.165, 1.54) is 11.3 Å². The molecule has 1 aliphatic heterocycles. The van der Waals surface area contributed by atoms with Gasteiger partial charge in [-0.3, -0.25) is 0 Å². The third-order valence-electron chi connectivity index (χ3n) is 4.08. The molecule has 1 N–H and O–H groups in total. The molecule has 104 valence electrons. The predicted molar refractivity (Wildman–Crippen MR) is 80.6 cm³/mol. The second kappa shape index (κ2) is 5.08. The smallest absolute Gasteiger partial charge is 0.160 e. The van der Waals surface area contributed by atoms with Gasteiger partial charge in [0, 0.05) is 12.2 Å². The largest absolute Gasteiger partial charge is 0.504 e. The van der Waals surface area contributed by atoms with Crippen LogP contribution >= 0.6 is 0 Å². The van der Waals surface area contributed by atoms with Crippen LogP contribution in [0.15, 0.2) is 42.5 Å². The number of benzene rings is 2. The summed E-state index contributed by atoms with van der Waals surface area (Å²) in [6, 6.07) is 14.4. The molecule has 0 aromatic heterocycles. The summed E-state index contributed by atoms with van der Waals surface area (Å²) in [4.78, 5) is 2.40. The number of rotatable bonds is 3. The van der Waals surface area contributed by atoms with Crippen molar-refractivity contribution >= 4 is 5.69 Å². The number of nitrogens with zero attached hydrogens (tertiary/aromatic N) is 1. The Labute approximate surface area is 119 Å². The maximum atomic E-state index is 9.70. The summed E-state index contributed by atoms with van der Waals surface area (Å²) in [6.45, 7) is 3.22. The molecule has 0 radical (unpaired) electrons. The highest BCUT2D eigenvalue weighted by Gasteiger charge is 2.24. The fourth-order valence-electron chi connectivity index (χ4n) is 2.90. The first-order valence-corrected chi connectivity index (χ1v) is 6.92. The van der Waals surface area contributed by atoms with Crippen LogP contribution in [-0.2, 0) is 6.42 Å². The fraction of sp³-hybridized carbons (Fsp3) is 0.294. The maximum absolute atomic E-state index is 9.70. The first kappa shape index (κ1) is 12.9. The van der Waals surface area contributed by atoms with Gasteiger partial charge in [-0.1, -0.05) is 24.3 Å². The van der Waals surface area contributed by atoms with Crippen LogP contribution in [0.25, 0.3) is 0 Å². The van der Waals surface area contributed by atoms with Gasteiger partial charge in [-0.2, -0.15) is 0 Å². The van der Waals surface area contributed by atoms with E-state index in [2.05, 4.69) is 36.1 Å². The number of anilines is 1. The zero-order chi connectivity index (χ0) is 14.1. The highest BCUT2D eigenvalue weighted by Crippen LogP contribution is 2.37. The van der Waals surface area contributed by atoms with Crippen LogP contribution in [0.2, 0.25) is 0 Å². The van der Waals surface area contributed by atoms with E-state index >= 15 is 0 Å². The van der Waals surface area contributed by atoms with Gasteiger partial charge in [-0.15, -0.1) is 0 Å². The van der Waals surface area contributed by atoms with Crippen LogP contribution in [0.4, 0.5) is 5.69 Å². The van der Waals surface area contributed by atoms with Crippen molar-refractivity contribution < 1.29 is 9.84 Å². The third kappa shape index (κ3) is 2.09. The van der Waals surface area contributed by atoms with E-state index in [4.69, 9.17) is 4.74 Å². The third-order valence-corrected chi connectivity index (χ3v) is 4.08. The van der Waals surface area contributed by atoms with E-state index in [0.717, 1.165) is 18.5 Å². The quantitative estimate of drug-likeness (QED) is 0.925. The molecule has 3 heteroatoms. The van der Waals surface area contributed by atoms with E-state index in [9.17, 15) is 5.11 Å². The Balaban J connectivity index is 1.92. The Morgan fingerprint density at radius 3 is 2.80 bits per heavy atom. The normalized spacial score (nSPS) is 15.0. The number of ether oxygens (including phenoxy) is 1. The molecule has 0 saturated heterocycles. The average molecular weight is 269 g/mol. The number of hydrogen-bond acceptors (Lipinski definition) is 3. The number of para-hydroxylation sites is 1. The van der Waals surface area contributed by atoms with E-state index < -0.39 is 0 Å². The van der Waals surface area contributed by atoms with Crippen LogP contribution in [0.1, 0.15) is 24.1 Å². The fourth-order valence-corrected chi connectivity index (χ4v) is 2.90. The van der Waals surface area contributed by atoms with Crippen LogP contribution < -0.4 is 9.64 Å². The number of aromatic hydroxyl groups is 1. The summed E-state index contributed by atoms with van der Waals surface area (Å²) in [5.41, 5.74) is 3.87. The molecule has 1 aliphatic rings. The van der Waals surface area contributed by atoms with E-state index in [0.29, 0.717) is 5.75 Å². The molecule has 2 aromatic rings. The van der Waals surface area contributed by atoms with Gasteiger partial charge < -0.3 is 14.7 Å². The second-order valence-corrected chi connectivity index (χ2v) is 5.18. The first-order chi connectivity index (χ1) is 9.70. The van der Waals surface area contributed by atoms with Crippen molar-refractivity contribution in [3.8, 4) is 11.5 Å². The van der Waals surface area contributed by atoms with E-state index in [1.807, 2.05) is 12.1 Å². The highest BCUT2D eigenvalue weighted by atomic mass is 16.5. The molecule has 0 saturated carbocycles. The molecule has 0 spiro atoms. The van der Waals surface area contributed by atoms with Crippen molar-refractivity contribution in [1.29, 1.82) is 0 Å². The lowest BCUT2D eigenvalue weighted by Crippen LogP contribution is -2.24. The lowest BCUT2D eigenvalue weighted by molar-refractivity contribution is 0.372. The minimum atomic E-state index is 0.185. The molecule has 0 aliphatic carbocycles. The lowest BCUT2D eigenvalue weighted by Gasteiger charge is -2.28. The lowest BCUT2D eigenvalue weighted by atomic mass is 10.1. The summed E-state index contributed by atoms with van der Waals surface area (Å²) >= 11 is 0. The van der Waals surface area contributed by atoms with E-state index in [-0.39, 0.29) is 11.8 Å². The van der Waals surface area contributed by atoms with Crippen molar-refractivity contribution in [3.63, 3.8) is 0 Å². The van der Waals surface area contributed by atoms with Crippen molar-refractivity contribution in [1.82, 2.24) is 0 Å². The van der Waals surface area contributed by atoms with Gasteiger partial charge in [-0.25, -0.2) is 0 Å². The van der Waals surface area contributed by atoms with Gasteiger partial charge in [-0.05, 0) is 42.7 Å². The molecule has 1 atom stereocenters. The van der Waals surface area contributed by atoms with Crippen molar-refractivity contribution in [3.05, 3.63) is 53.6 Å². The zero-order valence-electron chi connectivity index (χ0n) is 11.8. The van der Waals surface area contributed by atoms with Gasteiger partial charge in [0.1, 0.15) is 0 Å². The molecule has 3 rings (SSSR count). The second-order valence-electron chi connectivity index (χ2n) is 5.18. The molecular weight excluding hydrogens is 250 g/mol. The summed E-state index contributed by atoms with van der Waals surface area (Å²) in [6.07, 6.45) is 1.09. The van der Waals surface area contributed by atoms with Gasteiger partial charge in [0.2, 0.25) is 0 Å². The summed E-state index contributed by atoms with van der Waals surface area (Å²) in [7, 11) is 1.58. The van der Waals surface area contributed by atoms with Crippen molar-refractivity contribution in [2.24, 2.45) is 0 Å². The molecule has 0 amide bonds. The number of phenolic OH excluding ortho intramolecular Hbond substituents is 1. The van der Waals surface area contributed by atoms with Crippen LogP contribution in [0.3, 0.4) is 0 Å². The number of methoxy groups -OCH3 is 1. The first-order valence-electron chi connectivity index (χ1n) is 6.92. The molecular formula is C17H19NO2. The van der Waals surface area contributed by atoms with Gasteiger partial charge in [0.05, 0.1) is 13.2 Å². The highest BCUT2D eigenvalue weighted by molar-refractivity contribution is 5.59. The minimum absolute atomic E-state index is 0.185. The Morgan fingerprint density at radius 1 is 1.20 bits per heavy atom. The minimum Gasteiger partial charge on any atom is -0.504 e. The molecule has 1 unspecified atom stereocenters. The predicted octanol–water partition coefficient (Wildman–Crippen LogP) is 3.52. The summed E-state index contributed by atoms with van der Waals surface area (Å²) < 4.78 is 5.20. The Hall–Kier alpha value is -2.16. The number of hydrogen-bond donors (Lipinski definition) is 1. The van der Waals surface area contributed by atoms with Crippen molar-refractivity contribution in [2.45, 2.75) is 19.4 Å². The molecule has 20 heavy (non-hydrogen) atoms. The molecule has 0 bridgehead atoms. The molecule has 0 fully saturated rings. The van der Waals surface area contributed by atoms with Crippen molar-refractivity contribution in [2.75, 3.05) is 18.6 Å². The Bertz CT molecular complexity index is 624. The maximum Gasteiger partial charge on any atom is 0.160 e. The Kier molecular flexibility index (Phi) is 3.26. The van der Waals surface area contributed by atoms with Crippen LogP contribution in [0.5, 0.6) is 11.5 Å². The summed E-state index contributed by atoms with van der Waals surface area (Å²) in [5, 5.41) is 9.70. The Morgan fingerprint density at radius 2 is 2.00 bits per heavy atom. The van der Waals surface area contributed by atoms with Gasteiger partial charge in [0.15, 0.2) is 11.5 Å². The molecule has 2 aromatic carbocycles. The van der Waals surface area contributed by atoms with Crippen LogP contribution in [-0.4, -0.2) is 18.8 Å². The topological polar surface area (TPSA) is 32.7 Å². The van der Waals surface area contributed by atoms with E-state index in [1.54, 1.807) is 13.2 Å².